The zero-order valence-corrected chi connectivity index (χ0v) is 6.76. The number of hydrogen-bond acceptors (Lipinski definition) is 2. The highest BCUT2D eigenvalue weighted by Gasteiger charge is 2.37. The van der Waals surface area contributed by atoms with Gasteiger partial charge >= 0.3 is 0 Å². The van der Waals surface area contributed by atoms with E-state index in [2.05, 4.69) is 6.92 Å². The average Bonchev–Trinajstić information content (AvgIpc) is 1.78. The molecule has 0 saturated carbocycles. The van der Waals surface area contributed by atoms with Gasteiger partial charge in [0.25, 0.3) is 0 Å². The van der Waals surface area contributed by atoms with Crippen LogP contribution in [0.5, 0.6) is 0 Å². The minimum Gasteiger partial charge on any atom is -0.393 e. The normalized spacial score (nSPS) is 25.5. The van der Waals surface area contributed by atoms with Gasteiger partial charge < -0.3 is 9.84 Å². The molecule has 0 bridgehead atoms. The van der Waals surface area contributed by atoms with Crippen LogP contribution >= 0.6 is 0 Å². The summed E-state index contributed by atoms with van der Waals surface area (Å²) >= 11 is 0. The van der Waals surface area contributed by atoms with Crippen LogP contribution < -0.4 is 0 Å². The van der Waals surface area contributed by atoms with Crippen LogP contribution in [0.1, 0.15) is 26.7 Å². The summed E-state index contributed by atoms with van der Waals surface area (Å²) in [5.74, 6) is 0. The van der Waals surface area contributed by atoms with E-state index in [1.165, 1.54) is 0 Å². The molecular weight excluding hydrogens is 128 g/mol. The predicted molar refractivity (Wildman–Crippen MR) is 39.8 cm³/mol. The van der Waals surface area contributed by atoms with Crippen LogP contribution in [0.4, 0.5) is 0 Å². The number of aliphatic hydroxyl groups is 1. The van der Waals surface area contributed by atoms with Crippen molar-refractivity contribution < 1.29 is 9.84 Å². The molecule has 60 valence electrons. The van der Waals surface area contributed by atoms with Crippen molar-refractivity contribution in [2.45, 2.75) is 32.8 Å². The summed E-state index contributed by atoms with van der Waals surface area (Å²) in [6, 6.07) is 0. The molecule has 2 heteroatoms. The molecule has 2 nitrogen and oxygen atoms in total. The van der Waals surface area contributed by atoms with Crippen LogP contribution in [0.3, 0.4) is 0 Å². The molecule has 0 aromatic carbocycles. The lowest BCUT2D eigenvalue weighted by molar-refractivity contribution is -0.132. The predicted octanol–water partition coefficient (Wildman–Crippen LogP) is 1.18. The summed E-state index contributed by atoms with van der Waals surface area (Å²) in [5, 5.41) is 9.13. The fourth-order valence-corrected chi connectivity index (χ4v) is 1.48. The van der Waals surface area contributed by atoms with Gasteiger partial charge in [0.15, 0.2) is 0 Å². The molecule has 1 heterocycles. The highest BCUT2D eigenvalue weighted by Crippen LogP contribution is 2.35. The quantitative estimate of drug-likeness (QED) is 0.644. The van der Waals surface area contributed by atoms with Gasteiger partial charge in [0.1, 0.15) is 0 Å². The van der Waals surface area contributed by atoms with Crippen molar-refractivity contribution in [1.29, 1.82) is 0 Å². The van der Waals surface area contributed by atoms with E-state index < -0.39 is 0 Å². The third-order valence-electron chi connectivity index (χ3n) is 2.29. The standard InChI is InChI=1S/C8H16O2/c1-3-8(4-7(2)9)5-10-6-8/h7,9H,3-6H2,1-2H3. The van der Waals surface area contributed by atoms with Crippen molar-refractivity contribution in [3.8, 4) is 0 Å². The second-order valence-corrected chi connectivity index (χ2v) is 3.40. The van der Waals surface area contributed by atoms with Gasteiger partial charge in [0.05, 0.1) is 19.3 Å². The number of hydrogen-bond donors (Lipinski definition) is 1. The SMILES string of the molecule is CCC1(CC(C)O)COC1. The van der Waals surface area contributed by atoms with Crippen LogP contribution in [0.25, 0.3) is 0 Å². The van der Waals surface area contributed by atoms with E-state index in [-0.39, 0.29) is 6.10 Å². The van der Waals surface area contributed by atoms with Crippen molar-refractivity contribution in [2.24, 2.45) is 5.41 Å². The monoisotopic (exact) mass is 144 g/mol. The molecule has 1 atom stereocenters. The molecule has 1 aliphatic heterocycles. The highest BCUT2D eigenvalue weighted by molar-refractivity contribution is 4.85. The minimum atomic E-state index is -0.177. The Balaban J connectivity index is 2.33. The van der Waals surface area contributed by atoms with Crippen molar-refractivity contribution in [3.05, 3.63) is 0 Å². The summed E-state index contributed by atoms with van der Waals surface area (Å²) in [4.78, 5) is 0. The molecule has 0 spiro atoms. The van der Waals surface area contributed by atoms with E-state index in [9.17, 15) is 0 Å². The maximum atomic E-state index is 9.13. The molecule has 1 rings (SSSR count). The van der Waals surface area contributed by atoms with Gasteiger partial charge in [-0.25, -0.2) is 0 Å². The Hall–Kier alpha value is -0.0800. The molecule has 1 unspecified atom stereocenters. The first kappa shape index (κ1) is 8.02. The third-order valence-corrected chi connectivity index (χ3v) is 2.29. The Morgan fingerprint density at radius 2 is 2.20 bits per heavy atom. The van der Waals surface area contributed by atoms with E-state index in [1.807, 2.05) is 6.92 Å². The first-order valence-corrected chi connectivity index (χ1v) is 3.94. The molecule has 0 aromatic heterocycles. The summed E-state index contributed by atoms with van der Waals surface area (Å²) in [6.07, 6.45) is 1.84. The van der Waals surface area contributed by atoms with Gasteiger partial charge in [0, 0.05) is 5.41 Å². The Kier molecular flexibility index (Phi) is 2.32. The largest absolute Gasteiger partial charge is 0.393 e. The van der Waals surface area contributed by atoms with Gasteiger partial charge in [0.2, 0.25) is 0 Å². The summed E-state index contributed by atoms with van der Waals surface area (Å²) < 4.78 is 5.12. The topological polar surface area (TPSA) is 29.5 Å². The zero-order chi connectivity index (χ0) is 7.61. The Labute approximate surface area is 62.2 Å². The smallest absolute Gasteiger partial charge is 0.0545 e. The average molecular weight is 144 g/mol. The fourth-order valence-electron chi connectivity index (χ4n) is 1.48. The molecule has 0 aromatic rings. The molecular formula is C8H16O2. The lowest BCUT2D eigenvalue weighted by Gasteiger charge is -2.41. The number of aliphatic hydroxyl groups excluding tert-OH is 1. The highest BCUT2D eigenvalue weighted by atomic mass is 16.5. The van der Waals surface area contributed by atoms with E-state index in [4.69, 9.17) is 9.84 Å². The molecule has 1 saturated heterocycles. The van der Waals surface area contributed by atoms with Crippen LogP contribution in [-0.4, -0.2) is 24.4 Å². The molecule has 10 heavy (non-hydrogen) atoms. The van der Waals surface area contributed by atoms with Crippen molar-refractivity contribution in [2.75, 3.05) is 13.2 Å². The zero-order valence-electron chi connectivity index (χ0n) is 6.76. The first-order valence-electron chi connectivity index (χ1n) is 3.94. The van der Waals surface area contributed by atoms with Gasteiger partial charge in [-0.15, -0.1) is 0 Å². The molecule has 1 N–H and O–H groups in total. The first-order chi connectivity index (χ1) is 4.68. The number of ether oxygens (including phenoxy) is 1. The molecule has 1 aliphatic rings. The van der Waals surface area contributed by atoms with Crippen LogP contribution in [-0.2, 0) is 4.74 Å². The lowest BCUT2D eigenvalue weighted by Crippen LogP contribution is -2.43. The summed E-state index contributed by atoms with van der Waals surface area (Å²) in [5.41, 5.74) is 0.314. The maximum absolute atomic E-state index is 9.13. The molecule has 0 aliphatic carbocycles. The lowest BCUT2D eigenvalue weighted by atomic mass is 9.78. The van der Waals surface area contributed by atoms with Crippen molar-refractivity contribution in [3.63, 3.8) is 0 Å². The van der Waals surface area contributed by atoms with Crippen molar-refractivity contribution in [1.82, 2.24) is 0 Å². The second-order valence-electron chi connectivity index (χ2n) is 3.40. The van der Waals surface area contributed by atoms with Gasteiger partial charge in [-0.3, -0.25) is 0 Å². The van der Waals surface area contributed by atoms with E-state index in [0.717, 1.165) is 26.1 Å². The molecule has 0 radical (unpaired) electrons. The second kappa shape index (κ2) is 2.89. The number of rotatable bonds is 3. The minimum absolute atomic E-state index is 0.177. The maximum Gasteiger partial charge on any atom is 0.0545 e. The Morgan fingerprint density at radius 1 is 1.60 bits per heavy atom. The summed E-state index contributed by atoms with van der Waals surface area (Å²) in [6.45, 7) is 5.68. The third kappa shape index (κ3) is 1.50. The molecule has 0 amide bonds. The Bertz CT molecular complexity index is 100. The Morgan fingerprint density at radius 3 is 2.30 bits per heavy atom. The van der Waals surface area contributed by atoms with E-state index in [1.54, 1.807) is 0 Å². The van der Waals surface area contributed by atoms with Crippen molar-refractivity contribution >= 4 is 0 Å². The summed E-state index contributed by atoms with van der Waals surface area (Å²) in [7, 11) is 0. The van der Waals surface area contributed by atoms with Crippen LogP contribution in [0.2, 0.25) is 0 Å². The fraction of sp³-hybridized carbons (Fsp3) is 1.00. The van der Waals surface area contributed by atoms with Gasteiger partial charge in [-0.2, -0.15) is 0 Å². The van der Waals surface area contributed by atoms with E-state index >= 15 is 0 Å². The van der Waals surface area contributed by atoms with Crippen LogP contribution in [0, 0.1) is 5.41 Å². The van der Waals surface area contributed by atoms with Gasteiger partial charge in [-0.1, -0.05) is 6.92 Å². The van der Waals surface area contributed by atoms with Gasteiger partial charge in [-0.05, 0) is 19.8 Å². The molecule has 1 fully saturated rings. The van der Waals surface area contributed by atoms with E-state index in [0.29, 0.717) is 5.41 Å². The van der Waals surface area contributed by atoms with Crippen LogP contribution in [0.15, 0.2) is 0 Å².